The normalized spacial score (nSPS) is 31.0. The topological polar surface area (TPSA) is 83.8 Å². The summed E-state index contributed by atoms with van der Waals surface area (Å²) in [5.41, 5.74) is 5.02. The van der Waals surface area contributed by atoms with E-state index in [1.54, 1.807) is 13.3 Å². The first-order chi connectivity index (χ1) is 16.3. The average molecular weight is 482 g/mol. The number of rotatable bonds is 5. The fraction of sp³-hybridized carbons (Fsp3) is 0.593. The smallest absolute Gasteiger partial charge is 0.226 e. The van der Waals surface area contributed by atoms with Gasteiger partial charge in [0.15, 0.2) is 5.13 Å². The molecule has 0 radical (unpaired) electrons. The molecule has 0 bridgehead atoms. The number of benzene rings is 1. The van der Waals surface area contributed by atoms with Crippen molar-refractivity contribution in [3.8, 4) is 5.75 Å². The Labute approximate surface area is 205 Å². The summed E-state index contributed by atoms with van der Waals surface area (Å²) in [5, 5.41) is 18.4. The molecule has 1 aromatic carbocycles. The Kier molecular flexibility index (Phi) is 6.17. The van der Waals surface area contributed by atoms with Crippen LogP contribution in [0.1, 0.15) is 72.9 Å². The molecule has 1 aromatic heterocycles. The summed E-state index contributed by atoms with van der Waals surface area (Å²) in [4.78, 5) is 23.4. The van der Waals surface area contributed by atoms with E-state index >= 15 is 0 Å². The van der Waals surface area contributed by atoms with Gasteiger partial charge in [0.25, 0.3) is 0 Å². The minimum absolute atomic E-state index is 0.0220. The molecular formula is C27H35N3O3S. The zero-order valence-electron chi connectivity index (χ0n) is 20.6. The lowest BCUT2D eigenvalue weighted by atomic mass is 9.53. The monoisotopic (exact) mass is 481 g/mol. The van der Waals surface area contributed by atoms with E-state index in [2.05, 4.69) is 28.4 Å². The van der Waals surface area contributed by atoms with Gasteiger partial charge in [-0.2, -0.15) is 0 Å². The van der Waals surface area contributed by atoms with Crippen molar-refractivity contribution in [2.45, 2.75) is 71.6 Å². The predicted molar refractivity (Wildman–Crippen MR) is 135 cm³/mol. The van der Waals surface area contributed by atoms with E-state index in [-0.39, 0.29) is 11.3 Å². The summed E-state index contributed by atoms with van der Waals surface area (Å²) in [6.45, 7) is 6.42. The molecule has 5 atom stereocenters. The second-order valence-corrected chi connectivity index (χ2v) is 11.9. The molecule has 3 aliphatic carbocycles. The summed E-state index contributed by atoms with van der Waals surface area (Å²) < 4.78 is 0. The molecule has 0 saturated heterocycles. The van der Waals surface area contributed by atoms with Gasteiger partial charge < -0.3 is 15.3 Å². The SMILES string of the molecule is CO/N=C1\CC(CCC(=O)Nc2ncc(C)s2)C2C3CCc4c(ccc(O)c4C)C3CCC12C. The first-order valence-corrected chi connectivity index (χ1v) is 13.3. The highest BCUT2D eigenvalue weighted by Gasteiger charge is 2.57. The number of nitrogens with one attached hydrogen (secondary N) is 1. The second-order valence-electron chi connectivity index (χ2n) is 10.6. The van der Waals surface area contributed by atoms with E-state index in [0.29, 0.717) is 41.0 Å². The Morgan fingerprint density at radius 3 is 2.91 bits per heavy atom. The number of aryl methyl sites for hydroxylation is 1. The van der Waals surface area contributed by atoms with Gasteiger partial charge in [0.1, 0.15) is 12.9 Å². The van der Waals surface area contributed by atoms with Gasteiger partial charge in [-0.1, -0.05) is 18.1 Å². The van der Waals surface area contributed by atoms with Gasteiger partial charge >= 0.3 is 0 Å². The zero-order chi connectivity index (χ0) is 24.0. The van der Waals surface area contributed by atoms with Gasteiger partial charge in [0, 0.05) is 22.9 Å². The number of amides is 1. The van der Waals surface area contributed by atoms with Crippen LogP contribution in [0.2, 0.25) is 0 Å². The molecule has 7 heteroatoms. The molecule has 0 aliphatic heterocycles. The van der Waals surface area contributed by atoms with Crippen molar-refractivity contribution < 1.29 is 14.7 Å². The summed E-state index contributed by atoms with van der Waals surface area (Å²) in [5.74, 6) is 2.42. The lowest BCUT2D eigenvalue weighted by Crippen LogP contribution is -2.44. The third kappa shape index (κ3) is 3.92. The lowest BCUT2D eigenvalue weighted by Gasteiger charge is -2.50. The molecule has 2 aromatic rings. The highest BCUT2D eigenvalue weighted by molar-refractivity contribution is 7.15. The quantitative estimate of drug-likeness (QED) is 0.516. The Morgan fingerprint density at radius 1 is 1.35 bits per heavy atom. The first-order valence-electron chi connectivity index (χ1n) is 12.5. The Morgan fingerprint density at radius 2 is 2.18 bits per heavy atom. The van der Waals surface area contributed by atoms with Crippen molar-refractivity contribution in [2.75, 3.05) is 12.4 Å². The second kappa shape index (κ2) is 8.99. The fourth-order valence-corrected chi connectivity index (χ4v) is 8.02. The largest absolute Gasteiger partial charge is 0.508 e. The maximum atomic E-state index is 12.7. The predicted octanol–water partition coefficient (Wildman–Crippen LogP) is 5.97. The number of fused-ring (bicyclic) bond motifs is 5. The molecule has 0 spiro atoms. The number of thiazole rings is 1. The number of aromatic nitrogens is 1. The molecular weight excluding hydrogens is 446 g/mol. The lowest BCUT2D eigenvalue weighted by molar-refractivity contribution is -0.116. The molecule has 5 rings (SSSR count). The number of hydrogen-bond acceptors (Lipinski definition) is 6. The van der Waals surface area contributed by atoms with Crippen LogP contribution in [0, 0.1) is 37.0 Å². The van der Waals surface area contributed by atoms with Crippen molar-refractivity contribution in [2.24, 2.45) is 28.3 Å². The molecule has 182 valence electrons. The minimum Gasteiger partial charge on any atom is -0.508 e. The van der Waals surface area contributed by atoms with Crippen LogP contribution in [0.3, 0.4) is 0 Å². The molecule has 2 N–H and O–H groups in total. The van der Waals surface area contributed by atoms with Crippen LogP contribution in [-0.2, 0) is 16.1 Å². The molecule has 1 heterocycles. The van der Waals surface area contributed by atoms with E-state index < -0.39 is 0 Å². The third-order valence-electron chi connectivity index (χ3n) is 8.86. The van der Waals surface area contributed by atoms with Crippen LogP contribution in [-0.4, -0.2) is 28.8 Å². The zero-order valence-corrected chi connectivity index (χ0v) is 21.4. The van der Waals surface area contributed by atoms with Gasteiger partial charge in [-0.05, 0) is 98.8 Å². The van der Waals surface area contributed by atoms with Gasteiger partial charge in [0.2, 0.25) is 5.91 Å². The van der Waals surface area contributed by atoms with Gasteiger partial charge in [-0.25, -0.2) is 4.98 Å². The molecule has 5 unspecified atom stereocenters. The van der Waals surface area contributed by atoms with E-state index in [0.717, 1.165) is 49.0 Å². The Hall–Kier alpha value is -2.41. The average Bonchev–Trinajstić information content (AvgIpc) is 3.34. The van der Waals surface area contributed by atoms with Crippen LogP contribution in [0.15, 0.2) is 23.5 Å². The van der Waals surface area contributed by atoms with Crippen molar-refractivity contribution in [1.82, 2.24) is 4.98 Å². The van der Waals surface area contributed by atoms with Crippen LogP contribution in [0.4, 0.5) is 5.13 Å². The highest BCUT2D eigenvalue weighted by Crippen LogP contribution is 2.62. The number of aromatic hydroxyl groups is 1. The molecule has 1 amide bonds. The molecule has 3 aliphatic rings. The third-order valence-corrected chi connectivity index (χ3v) is 9.68. The molecule has 6 nitrogen and oxygen atoms in total. The maximum absolute atomic E-state index is 12.7. The first kappa shape index (κ1) is 23.3. The summed E-state index contributed by atoms with van der Waals surface area (Å²) >= 11 is 1.51. The number of phenols is 1. The number of carbonyl (C=O) groups excluding carboxylic acids is 1. The van der Waals surface area contributed by atoms with Crippen LogP contribution in [0.5, 0.6) is 5.75 Å². The van der Waals surface area contributed by atoms with Crippen molar-refractivity contribution >= 4 is 28.1 Å². The number of phenolic OH excluding ortho intramolecular Hbond substituents is 1. The number of carbonyl (C=O) groups is 1. The van der Waals surface area contributed by atoms with E-state index in [1.807, 2.05) is 19.9 Å². The van der Waals surface area contributed by atoms with Crippen LogP contribution in [0.25, 0.3) is 0 Å². The fourth-order valence-electron chi connectivity index (χ4n) is 7.34. The van der Waals surface area contributed by atoms with Gasteiger partial charge in [0.05, 0.1) is 5.71 Å². The molecule has 2 fully saturated rings. The van der Waals surface area contributed by atoms with Crippen molar-refractivity contribution in [3.05, 3.63) is 39.9 Å². The Balaban J connectivity index is 1.39. The standard InChI is InChI=1S/C27H35N3O3S/c1-15-14-28-26(34-15)29-24(32)10-5-17-13-23(30-33-4)27(3)12-11-20-19-8-9-22(31)16(2)18(19)6-7-21(20)25(17)27/h8-9,14,17,20-21,25,31H,5-7,10-13H2,1-4H3,(H,28,29,32)/b30-23+. The maximum Gasteiger partial charge on any atom is 0.226 e. The van der Waals surface area contributed by atoms with Gasteiger partial charge in [-0.3, -0.25) is 4.79 Å². The summed E-state index contributed by atoms with van der Waals surface area (Å²) in [7, 11) is 1.64. The molecule has 2 saturated carbocycles. The summed E-state index contributed by atoms with van der Waals surface area (Å²) in [6.07, 6.45) is 8.40. The van der Waals surface area contributed by atoms with Crippen molar-refractivity contribution in [1.29, 1.82) is 0 Å². The highest BCUT2D eigenvalue weighted by atomic mass is 32.1. The molecule has 34 heavy (non-hydrogen) atoms. The Bertz CT molecular complexity index is 1130. The van der Waals surface area contributed by atoms with Crippen LogP contribution >= 0.6 is 11.3 Å². The van der Waals surface area contributed by atoms with Gasteiger partial charge in [-0.15, -0.1) is 11.3 Å². The number of anilines is 1. The van der Waals surface area contributed by atoms with Crippen molar-refractivity contribution in [3.63, 3.8) is 0 Å². The van der Waals surface area contributed by atoms with E-state index in [1.165, 1.54) is 28.2 Å². The number of nitrogens with zero attached hydrogens (tertiary/aromatic N) is 2. The number of hydrogen-bond donors (Lipinski definition) is 2. The summed E-state index contributed by atoms with van der Waals surface area (Å²) in [6, 6.07) is 4.04. The van der Waals surface area contributed by atoms with Crippen LogP contribution < -0.4 is 5.32 Å². The number of oxime groups is 1. The van der Waals surface area contributed by atoms with E-state index in [9.17, 15) is 9.90 Å². The minimum atomic E-state index is 0.0220. The van der Waals surface area contributed by atoms with E-state index in [4.69, 9.17) is 4.84 Å².